The Kier molecular flexibility index (Phi) is 8.83. The van der Waals surface area contributed by atoms with Gasteiger partial charge in [-0.05, 0) is 24.1 Å². The van der Waals surface area contributed by atoms with Crippen molar-refractivity contribution < 1.29 is 13.9 Å². The van der Waals surface area contributed by atoms with Crippen molar-refractivity contribution in [2.24, 2.45) is 5.73 Å². The van der Waals surface area contributed by atoms with Crippen LogP contribution in [0.2, 0.25) is 0 Å². The number of ether oxygens (including phenoxy) is 1. The van der Waals surface area contributed by atoms with Crippen molar-refractivity contribution >= 4 is 18.3 Å². The van der Waals surface area contributed by atoms with Crippen LogP contribution in [0.1, 0.15) is 5.56 Å². The standard InChI is InChI=1S/C18H21FN2O2.ClH/c19-16-8-4-5-9-17(16)23-14-18(22)21(13-11-20)12-10-15-6-2-1-3-7-15;/h1-9H,10-14,20H2;1H. The Balaban J connectivity index is 0.00000288. The summed E-state index contributed by atoms with van der Waals surface area (Å²) in [6, 6.07) is 15.9. The Hall–Kier alpha value is -2.11. The third-order valence-corrected chi connectivity index (χ3v) is 3.45. The predicted molar refractivity (Wildman–Crippen MR) is 94.9 cm³/mol. The van der Waals surface area contributed by atoms with Gasteiger partial charge in [-0.2, -0.15) is 0 Å². The highest BCUT2D eigenvalue weighted by atomic mass is 35.5. The van der Waals surface area contributed by atoms with Crippen LogP contribution < -0.4 is 10.5 Å². The number of carbonyl (C=O) groups is 1. The highest BCUT2D eigenvalue weighted by Crippen LogP contribution is 2.15. The molecular formula is C18H22ClFN2O2. The average Bonchev–Trinajstić information content (AvgIpc) is 2.58. The van der Waals surface area contributed by atoms with Crippen LogP contribution in [0.25, 0.3) is 0 Å². The molecule has 2 aromatic carbocycles. The summed E-state index contributed by atoms with van der Waals surface area (Å²) in [4.78, 5) is 13.9. The molecule has 0 bridgehead atoms. The largest absolute Gasteiger partial charge is 0.481 e. The van der Waals surface area contributed by atoms with Gasteiger partial charge >= 0.3 is 0 Å². The van der Waals surface area contributed by atoms with Crippen molar-refractivity contribution in [2.75, 3.05) is 26.2 Å². The van der Waals surface area contributed by atoms with E-state index in [0.29, 0.717) is 19.6 Å². The molecule has 0 saturated heterocycles. The van der Waals surface area contributed by atoms with Gasteiger partial charge in [0.1, 0.15) is 0 Å². The summed E-state index contributed by atoms with van der Waals surface area (Å²) in [6.07, 6.45) is 0.742. The quantitative estimate of drug-likeness (QED) is 0.794. The van der Waals surface area contributed by atoms with E-state index < -0.39 is 5.82 Å². The summed E-state index contributed by atoms with van der Waals surface area (Å²) in [6.45, 7) is 1.18. The van der Waals surface area contributed by atoms with Crippen LogP contribution >= 0.6 is 12.4 Å². The zero-order valence-electron chi connectivity index (χ0n) is 13.4. The van der Waals surface area contributed by atoms with Crippen molar-refractivity contribution in [3.8, 4) is 5.75 Å². The Labute approximate surface area is 147 Å². The van der Waals surface area contributed by atoms with Gasteiger partial charge < -0.3 is 15.4 Å². The fraction of sp³-hybridized carbons (Fsp3) is 0.278. The van der Waals surface area contributed by atoms with E-state index in [4.69, 9.17) is 10.5 Å². The zero-order valence-corrected chi connectivity index (χ0v) is 14.2. The van der Waals surface area contributed by atoms with E-state index in [2.05, 4.69) is 0 Å². The van der Waals surface area contributed by atoms with Crippen LogP contribution in [0.15, 0.2) is 54.6 Å². The number of hydrogen-bond acceptors (Lipinski definition) is 3. The molecule has 0 aromatic heterocycles. The molecule has 0 atom stereocenters. The van der Waals surface area contributed by atoms with E-state index in [9.17, 15) is 9.18 Å². The van der Waals surface area contributed by atoms with Gasteiger partial charge in [-0.3, -0.25) is 4.79 Å². The Morgan fingerprint density at radius 1 is 1.04 bits per heavy atom. The van der Waals surface area contributed by atoms with Crippen molar-refractivity contribution in [1.82, 2.24) is 4.90 Å². The molecule has 0 aliphatic heterocycles. The number of nitrogens with two attached hydrogens (primary N) is 1. The topological polar surface area (TPSA) is 55.6 Å². The van der Waals surface area contributed by atoms with Crippen molar-refractivity contribution in [1.29, 1.82) is 0 Å². The molecule has 0 radical (unpaired) electrons. The lowest BCUT2D eigenvalue weighted by Gasteiger charge is -2.22. The molecule has 130 valence electrons. The minimum atomic E-state index is -0.477. The summed E-state index contributed by atoms with van der Waals surface area (Å²) in [5.41, 5.74) is 6.72. The van der Waals surface area contributed by atoms with Gasteiger partial charge in [0.25, 0.3) is 5.91 Å². The number of amides is 1. The molecule has 2 rings (SSSR count). The summed E-state index contributed by atoms with van der Waals surface area (Å²) in [5, 5.41) is 0. The Morgan fingerprint density at radius 3 is 2.38 bits per heavy atom. The molecule has 0 fully saturated rings. The van der Waals surface area contributed by atoms with Crippen molar-refractivity contribution in [3.05, 3.63) is 66.0 Å². The predicted octanol–water partition coefficient (Wildman–Crippen LogP) is 2.66. The molecule has 0 saturated carbocycles. The zero-order chi connectivity index (χ0) is 16.5. The molecule has 24 heavy (non-hydrogen) atoms. The SMILES string of the molecule is Cl.NCCN(CCc1ccccc1)C(=O)COc1ccccc1F. The first-order valence-electron chi connectivity index (χ1n) is 7.60. The second kappa shape index (κ2) is 10.6. The Morgan fingerprint density at radius 2 is 1.71 bits per heavy atom. The van der Waals surface area contributed by atoms with Crippen molar-refractivity contribution in [2.45, 2.75) is 6.42 Å². The maximum absolute atomic E-state index is 13.5. The maximum atomic E-state index is 13.5. The lowest BCUT2D eigenvalue weighted by atomic mass is 10.1. The molecule has 2 N–H and O–H groups in total. The molecule has 0 unspecified atom stereocenters. The van der Waals surface area contributed by atoms with Gasteiger partial charge in [0.2, 0.25) is 0 Å². The van der Waals surface area contributed by atoms with Crippen molar-refractivity contribution in [3.63, 3.8) is 0 Å². The lowest BCUT2D eigenvalue weighted by molar-refractivity contribution is -0.133. The van der Waals surface area contributed by atoms with Crippen LogP contribution in [0.4, 0.5) is 4.39 Å². The minimum Gasteiger partial charge on any atom is -0.481 e. The average molecular weight is 353 g/mol. The smallest absolute Gasteiger partial charge is 0.260 e. The second-order valence-corrected chi connectivity index (χ2v) is 5.12. The van der Waals surface area contributed by atoms with E-state index in [1.807, 2.05) is 30.3 Å². The summed E-state index contributed by atoms with van der Waals surface area (Å²) < 4.78 is 18.8. The van der Waals surface area contributed by atoms with Gasteiger partial charge in [0, 0.05) is 19.6 Å². The van der Waals surface area contributed by atoms with Gasteiger partial charge in [-0.25, -0.2) is 4.39 Å². The normalized spacial score (nSPS) is 9.92. The molecule has 1 amide bonds. The molecule has 4 nitrogen and oxygen atoms in total. The van der Waals surface area contributed by atoms with E-state index >= 15 is 0 Å². The molecule has 0 aliphatic rings. The third kappa shape index (κ3) is 6.18. The molecular weight excluding hydrogens is 331 g/mol. The third-order valence-electron chi connectivity index (χ3n) is 3.45. The number of halogens is 2. The lowest BCUT2D eigenvalue weighted by Crippen LogP contribution is -2.39. The van der Waals surface area contributed by atoms with E-state index in [-0.39, 0.29) is 30.7 Å². The van der Waals surface area contributed by atoms with Crippen LogP contribution in [0.3, 0.4) is 0 Å². The fourth-order valence-corrected chi connectivity index (χ4v) is 2.22. The highest BCUT2D eigenvalue weighted by Gasteiger charge is 2.14. The van der Waals surface area contributed by atoms with E-state index in [0.717, 1.165) is 12.0 Å². The first kappa shape index (κ1) is 19.9. The maximum Gasteiger partial charge on any atom is 0.260 e. The summed E-state index contributed by atoms with van der Waals surface area (Å²) in [5.74, 6) is -0.596. The van der Waals surface area contributed by atoms with E-state index in [1.165, 1.54) is 12.1 Å². The molecule has 0 heterocycles. The Bertz CT molecular complexity index is 625. The number of hydrogen-bond donors (Lipinski definition) is 1. The fourth-order valence-electron chi connectivity index (χ4n) is 2.22. The molecule has 2 aromatic rings. The second-order valence-electron chi connectivity index (χ2n) is 5.12. The van der Waals surface area contributed by atoms with Gasteiger partial charge in [0.05, 0.1) is 0 Å². The number of benzene rings is 2. The number of nitrogens with zero attached hydrogens (tertiary/aromatic N) is 1. The van der Waals surface area contributed by atoms with Crippen LogP contribution in [0.5, 0.6) is 5.75 Å². The first-order chi connectivity index (χ1) is 11.2. The highest BCUT2D eigenvalue weighted by molar-refractivity contribution is 5.85. The molecule has 0 spiro atoms. The summed E-state index contributed by atoms with van der Waals surface area (Å²) >= 11 is 0. The van der Waals surface area contributed by atoms with Crippen LogP contribution in [-0.2, 0) is 11.2 Å². The monoisotopic (exact) mass is 352 g/mol. The molecule has 6 heteroatoms. The number of rotatable bonds is 8. The summed E-state index contributed by atoms with van der Waals surface area (Å²) in [7, 11) is 0. The van der Waals surface area contributed by atoms with Gasteiger partial charge in [0.15, 0.2) is 18.2 Å². The van der Waals surface area contributed by atoms with Crippen LogP contribution in [0, 0.1) is 5.82 Å². The number of para-hydroxylation sites is 1. The number of carbonyl (C=O) groups excluding carboxylic acids is 1. The first-order valence-corrected chi connectivity index (χ1v) is 7.60. The van der Waals surface area contributed by atoms with Crippen LogP contribution in [-0.4, -0.2) is 37.0 Å². The van der Waals surface area contributed by atoms with E-state index in [1.54, 1.807) is 17.0 Å². The van der Waals surface area contributed by atoms with Gasteiger partial charge in [-0.1, -0.05) is 42.5 Å². The minimum absolute atomic E-state index is 0. The molecule has 0 aliphatic carbocycles. The van der Waals surface area contributed by atoms with Gasteiger partial charge in [-0.15, -0.1) is 12.4 Å².